The SMILES string of the molecule is CCOC(=O)c1cc(-c2cc3ccccc3s2)c2sc3cccc(C)c3n12. The van der Waals surface area contributed by atoms with Gasteiger partial charge in [-0.25, -0.2) is 4.79 Å². The molecule has 0 radical (unpaired) electrons. The molecule has 3 aromatic heterocycles. The molecular formula is C22H17NO2S2. The Balaban J connectivity index is 1.86. The van der Waals surface area contributed by atoms with Gasteiger partial charge in [-0.15, -0.1) is 22.7 Å². The van der Waals surface area contributed by atoms with E-state index in [0.29, 0.717) is 12.3 Å². The average Bonchev–Trinajstić information content (AvgIpc) is 3.33. The van der Waals surface area contributed by atoms with Crippen molar-refractivity contribution in [2.24, 2.45) is 0 Å². The molecule has 0 aliphatic carbocycles. The number of hydrogen-bond donors (Lipinski definition) is 0. The molecule has 0 amide bonds. The number of thiophene rings is 1. The van der Waals surface area contributed by atoms with E-state index in [1.807, 2.05) is 13.0 Å². The summed E-state index contributed by atoms with van der Waals surface area (Å²) in [5.74, 6) is -0.275. The van der Waals surface area contributed by atoms with Crippen molar-refractivity contribution in [2.75, 3.05) is 6.61 Å². The van der Waals surface area contributed by atoms with Crippen LogP contribution in [0.15, 0.2) is 54.6 Å². The van der Waals surface area contributed by atoms with Crippen LogP contribution in [0.25, 0.3) is 35.6 Å². The zero-order valence-corrected chi connectivity index (χ0v) is 16.6. The number of aryl methyl sites for hydroxylation is 1. The molecule has 0 atom stereocenters. The van der Waals surface area contributed by atoms with Gasteiger partial charge in [0, 0.05) is 15.1 Å². The molecule has 0 fully saturated rings. The molecule has 3 nitrogen and oxygen atoms in total. The first-order valence-corrected chi connectivity index (χ1v) is 10.5. The number of nitrogens with zero attached hydrogens (tertiary/aromatic N) is 1. The van der Waals surface area contributed by atoms with Gasteiger partial charge in [-0.1, -0.05) is 30.3 Å². The molecule has 3 heterocycles. The van der Waals surface area contributed by atoms with Crippen LogP contribution in [0.2, 0.25) is 0 Å². The number of para-hydroxylation sites is 1. The van der Waals surface area contributed by atoms with E-state index >= 15 is 0 Å². The number of thiazole rings is 1. The second kappa shape index (κ2) is 6.22. The second-order valence-corrected chi connectivity index (χ2v) is 8.59. The van der Waals surface area contributed by atoms with Crippen molar-refractivity contribution >= 4 is 53.8 Å². The molecule has 0 bridgehead atoms. The van der Waals surface area contributed by atoms with Gasteiger partial charge in [0.15, 0.2) is 0 Å². The maximum Gasteiger partial charge on any atom is 0.355 e. The molecule has 5 heteroatoms. The predicted octanol–water partition coefficient (Wildman–Crippen LogP) is 6.52. The molecule has 5 aromatic rings. The van der Waals surface area contributed by atoms with Gasteiger partial charge in [-0.2, -0.15) is 0 Å². The van der Waals surface area contributed by atoms with Crippen molar-refractivity contribution in [3.8, 4) is 10.4 Å². The summed E-state index contributed by atoms with van der Waals surface area (Å²) in [5, 5.41) is 1.23. The van der Waals surface area contributed by atoms with Crippen LogP contribution in [0.1, 0.15) is 23.0 Å². The van der Waals surface area contributed by atoms with Crippen LogP contribution in [0.4, 0.5) is 0 Å². The minimum Gasteiger partial charge on any atom is -0.461 e. The number of fused-ring (bicyclic) bond motifs is 4. The lowest BCUT2D eigenvalue weighted by Gasteiger charge is -2.03. The standard InChI is InChI=1S/C22H17NO2S2/c1-3-25-22(24)16-12-15(19-11-14-8-4-5-9-17(14)26-19)21-23(16)20-13(2)7-6-10-18(20)27-21/h4-12H,3H2,1-2H3. The van der Waals surface area contributed by atoms with Gasteiger partial charge < -0.3 is 4.74 Å². The highest BCUT2D eigenvalue weighted by Gasteiger charge is 2.22. The third-order valence-corrected chi connectivity index (χ3v) is 7.06. The Kier molecular flexibility index (Phi) is 3.81. The number of esters is 1. The van der Waals surface area contributed by atoms with E-state index in [4.69, 9.17) is 4.74 Å². The molecule has 27 heavy (non-hydrogen) atoms. The van der Waals surface area contributed by atoms with Crippen LogP contribution in [0, 0.1) is 6.92 Å². The highest BCUT2D eigenvalue weighted by Crippen LogP contribution is 2.42. The molecule has 0 saturated carbocycles. The zero-order valence-electron chi connectivity index (χ0n) is 15.0. The number of benzene rings is 2. The molecule has 134 valence electrons. The minimum atomic E-state index is -0.275. The Morgan fingerprint density at radius 2 is 1.85 bits per heavy atom. The van der Waals surface area contributed by atoms with Gasteiger partial charge in [0.05, 0.1) is 16.8 Å². The van der Waals surface area contributed by atoms with Crippen LogP contribution in [0.5, 0.6) is 0 Å². The molecular weight excluding hydrogens is 374 g/mol. The number of carbonyl (C=O) groups is 1. The van der Waals surface area contributed by atoms with Gasteiger partial charge in [0.1, 0.15) is 10.5 Å². The molecule has 5 rings (SSSR count). The highest BCUT2D eigenvalue weighted by molar-refractivity contribution is 7.26. The fraction of sp³-hybridized carbons (Fsp3) is 0.136. The maximum atomic E-state index is 12.7. The van der Waals surface area contributed by atoms with Crippen molar-refractivity contribution in [3.63, 3.8) is 0 Å². The lowest BCUT2D eigenvalue weighted by atomic mass is 10.2. The molecule has 0 unspecified atom stereocenters. The molecule has 0 aliphatic heterocycles. The zero-order chi connectivity index (χ0) is 18.5. The summed E-state index contributed by atoms with van der Waals surface area (Å²) in [6, 6.07) is 18.8. The Labute approximate surface area is 164 Å². The summed E-state index contributed by atoms with van der Waals surface area (Å²) < 4.78 is 9.86. The maximum absolute atomic E-state index is 12.7. The molecule has 0 aliphatic rings. The van der Waals surface area contributed by atoms with Crippen molar-refractivity contribution in [2.45, 2.75) is 13.8 Å². The first kappa shape index (κ1) is 16.5. The fourth-order valence-electron chi connectivity index (χ4n) is 3.57. The minimum absolute atomic E-state index is 0.275. The summed E-state index contributed by atoms with van der Waals surface area (Å²) in [7, 11) is 0. The van der Waals surface area contributed by atoms with E-state index in [1.165, 1.54) is 19.7 Å². The normalized spacial score (nSPS) is 11.6. The van der Waals surface area contributed by atoms with E-state index in [9.17, 15) is 4.79 Å². The van der Waals surface area contributed by atoms with E-state index in [1.54, 1.807) is 22.7 Å². The molecule has 0 saturated heterocycles. The summed E-state index contributed by atoms with van der Waals surface area (Å²) in [6.07, 6.45) is 0. The largest absolute Gasteiger partial charge is 0.461 e. The fourth-order valence-corrected chi connectivity index (χ4v) is 5.97. The van der Waals surface area contributed by atoms with Gasteiger partial charge in [-0.05, 0) is 49.1 Å². The van der Waals surface area contributed by atoms with Gasteiger partial charge in [-0.3, -0.25) is 4.40 Å². The number of rotatable bonds is 3. The quantitative estimate of drug-likeness (QED) is 0.328. The third kappa shape index (κ3) is 2.50. The summed E-state index contributed by atoms with van der Waals surface area (Å²) in [4.78, 5) is 15.0. The van der Waals surface area contributed by atoms with Crippen LogP contribution in [0.3, 0.4) is 0 Å². The lowest BCUT2D eigenvalue weighted by molar-refractivity contribution is 0.0519. The number of ether oxygens (including phenoxy) is 1. The molecule has 2 aromatic carbocycles. The van der Waals surface area contributed by atoms with Gasteiger partial charge >= 0.3 is 5.97 Å². The summed E-state index contributed by atoms with van der Waals surface area (Å²) in [5.41, 5.74) is 3.94. The average molecular weight is 392 g/mol. The summed E-state index contributed by atoms with van der Waals surface area (Å²) in [6.45, 7) is 4.29. The second-order valence-electron chi connectivity index (χ2n) is 6.48. The Bertz CT molecular complexity index is 1290. The Hall–Kier alpha value is -2.63. The van der Waals surface area contributed by atoms with E-state index < -0.39 is 0 Å². The van der Waals surface area contributed by atoms with Crippen LogP contribution in [-0.2, 0) is 4.74 Å². The van der Waals surface area contributed by atoms with Crippen LogP contribution < -0.4 is 0 Å². The van der Waals surface area contributed by atoms with Crippen LogP contribution >= 0.6 is 22.7 Å². The molecule has 0 N–H and O–H groups in total. The summed E-state index contributed by atoms with van der Waals surface area (Å²) >= 11 is 3.48. The van der Waals surface area contributed by atoms with Crippen molar-refractivity contribution in [1.82, 2.24) is 4.40 Å². The monoisotopic (exact) mass is 391 g/mol. The first-order chi connectivity index (χ1) is 13.2. The van der Waals surface area contributed by atoms with Crippen molar-refractivity contribution < 1.29 is 9.53 Å². The smallest absolute Gasteiger partial charge is 0.355 e. The lowest BCUT2D eigenvalue weighted by Crippen LogP contribution is -2.07. The van der Waals surface area contributed by atoms with Crippen molar-refractivity contribution in [1.29, 1.82) is 0 Å². The predicted molar refractivity (Wildman–Crippen MR) is 114 cm³/mol. The van der Waals surface area contributed by atoms with Crippen LogP contribution in [-0.4, -0.2) is 17.0 Å². The number of carbonyl (C=O) groups excluding carboxylic acids is 1. The topological polar surface area (TPSA) is 30.7 Å². The highest BCUT2D eigenvalue weighted by atomic mass is 32.1. The van der Waals surface area contributed by atoms with Gasteiger partial charge in [0.25, 0.3) is 0 Å². The third-order valence-electron chi connectivity index (χ3n) is 4.76. The van der Waals surface area contributed by atoms with E-state index in [0.717, 1.165) is 21.5 Å². The van der Waals surface area contributed by atoms with Gasteiger partial charge in [0.2, 0.25) is 0 Å². The number of aromatic nitrogens is 1. The van der Waals surface area contributed by atoms with Crippen molar-refractivity contribution in [3.05, 3.63) is 65.9 Å². The Morgan fingerprint density at radius 1 is 1.04 bits per heavy atom. The van der Waals surface area contributed by atoms with E-state index in [2.05, 4.69) is 59.9 Å². The Morgan fingerprint density at radius 3 is 2.67 bits per heavy atom. The molecule has 0 spiro atoms. The number of hydrogen-bond acceptors (Lipinski definition) is 4. The first-order valence-electron chi connectivity index (χ1n) is 8.87. The van der Waals surface area contributed by atoms with E-state index in [-0.39, 0.29) is 5.97 Å².